The average molecular weight is 509 g/mol. The Morgan fingerprint density at radius 3 is 1.39 bits per heavy atom. The molecule has 192 valence electrons. The van der Waals surface area contributed by atoms with E-state index in [0.717, 1.165) is 33.6 Å². The number of ether oxygens (including phenoxy) is 2. The first-order valence-corrected chi connectivity index (χ1v) is 12.4. The summed E-state index contributed by atoms with van der Waals surface area (Å²) in [4.78, 5) is 34.2. The zero-order valence-corrected chi connectivity index (χ0v) is 20.9. The van der Waals surface area contributed by atoms with Gasteiger partial charge < -0.3 is 20.1 Å². The van der Waals surface area contributed by atoms with Crippen LogP contribution in [0.2, 0.25) is 0 Å². The van der Waals surface area contributed by atoms with Gasteiger partial charge in [0, 0.05) is 13.1 Å². The number of nitrogens with zero attached hydrogens (tertiary/aromatic N) is 2. The molecule has 2 amide bonds. The minimum atomic E-state index is -0.346. The second-order valence-corrected chi connectivity index (χ2v) is 9.01. The van der Waals surface area contributed by atoms with E-state index < -0.39 is 0 Å². The Hall–Kier alpha value is -4.40. The molecule has 4 aromatic rings. The molecule has 8 nitrogen and oxygen atoms in total. The standard InChI is InChI=1S/C30H28N4O4/c35-29-27-5-2-6-28(34-27)30(36)32-16-22-9-13-24(14-10-22)18-38-20-26-4-1-3-25(33-26)19-37-17-23-11-7-21(8-12-23)15-31-29/h1-14H,15-20H2,(H,31,35)(H,32,36). The van der Waals surface area contributed by atoms with Gasteiger partial charge in [-0.05, 0) is 46.5 Å². The number of carbonyl (C=O) groups excluding carboxylic acids is 2. The maximum atomic E-state index is 12.7. The van der Waals surface area contributed by atoms with Crippen LogP contribution in [0.25, 0.3) is 0 Å². The minimum absolute atomic E-state index is 0.186. The minimum Gasteiger partial charge on any atom is -0.370 e. The number of aromatic nitrogens is 2. The van der Waals surface area contributed by atoms with Gasteiger partial charge in [-0.2, -0.15) is 0 Å². The van der Waals surface area contributed by atoms with Crippen LogP contribution < -0.4 is 10.6 Å². The van der Waals surface area contributed by atoms with E-state index in [1.54, 1.807) is 18.2 Å². The summed E-state index contributed by atoms with van der Waals surface area (Å²) >= 11 is 0. The molecular weight excluding hydrogens is 480 g/mol. The van der Waals surface area contributed by atoms with E-state index in [-0.39, 0.29) is 23.2 Å². The molecule has 0 atom stereocenters. The fraction of sp³-hybridized carbons (Fsp3) is 0.200. The lowest BCUT2D eigenvalue weighted by Gasteiger charge is -2.10. The molecule has 0 spiro atoms. The number of amides is 2. The van der Waals surface area contributed by atoms with Crippen LogP contribution in [0.3, 0.4) is 0 Å². The molecular formula is C30H28N4O4. The first-order valence-electron chi connectivity index (χ1n) is 12.4. The summed E-state index contributed by atoms with van der Waals surface area (Å²) in [7, 11) is 0. The Kier molecular flexibility index (Phi) is 8.13. The summed E-state index contributed by atoms with van der Waals surface area (Å²) in [6.45, 7) is 2.37. The number of carbonyl (C=O) groups is 2. The van der Waals surface area contributed by atoms with Gasteiger partial charge in [-0.3, -0.25) is 14.6 Å². The Bertz CT molecular complexity index is 1300. The highest BCUT2D eigenvalue weighted by atomic mass is 16.5. The van der Waals surface area contributed by atoms with E-state index >= 15 is 0 Å². The Balaban J connectivity index is 1.31. The summed E-state index contributed by atoms with van der Waals surface area (Å²) in [6.07, 6.45) is 0. The molecule has 0 fully saturated rings. The topological polar surface area (TPSA) is 102 Å². The maximum absolute atomic E-state index is 12.7. The van der Waals surface area contributed by atoms with Crippen molar-refractivity contribution >= 4 is 11.8 Å². The van der Waals surface area contributed by atoms with Crippen LogP contribution in [-0.4, -0.2) is 21.8 Å². The Labute approximate surface area is 221 Å². The number of pyridine rings is 2. The van der Waals surface area contributed by atoms with Crippen LogP contribution >= 0.6 is 0 Å². The summed E-state index contributed by atoms with van der Waals surface area (Å²) in [5.74, 6) is -0.693. The van der Waals surface area contributed by atoms with Crippen molar-refractivity contribution in [2.24, 2.45) is 0 Å². The molecule has 0 saturated carbocycles. The molecule has 2 aromatic carbocycles. The van der Waals surface area contributed by atoms with Crippen molar-refractivity contribution in [2.75, 3.05) is 0 Å². The van der Waals surface area contributed by atoms with E-state index in [9.17, 15) is 9.59 Å². The molecule has 4 aliphatic rings. The van der Waals surface area contributed by atoms with Gasteiger partial charge in [0.1, 0.15) is 11.4 Å². The molecule has 8 bridgehead atoms. The van der Waals surface area contributed by atoms with Gasteiger partial charge in [0.25, 0.3) is 11.8 Å². The van der Waals surface area contributed by atoms with Crippen LogP contribution in [0.5, 0.6) is 0 Å². The Morgan fingerprint density at radius 1 is 0.500 bits per heavy atom. The lowest BCUT2D eigenvalue weighted by molar-refractivity contribution is 0.0941. The highest BCUT2D eigenvalue weighted by molar-refractivity contribution is 5.96. The van der Waals surface area contributed by atoms with Crippen LogP contribution in [-0.2, 0) is 49.0 Å². The largest absolute Gasteiger partial charge is 0.370 e. The third kappa shape index (κ3) is 6.88. The van der Waals surface area contributed by atoms with E-state index in [1.165, 1.54) is 0 Å². The molecule has 2 aromatic heterocycles. The lowest BCUT2D eigenvalue weighted by atomic mass is 10.1. The fourth-order valence-corrected chi connectivity index (χ4v) is 3.98. The van der Waals surface area contributed by atoms with E-state index in [2.05, 4.69) is 20.6 Å². The van der Waals surface area contributed by atoms with Gasteiger partial charge in [-0.15, -0.1) is 0 Å². The highest BCUT2D eigenvalue weighted by Crippen LogP contribution is 2.11. The van der Waals surface area contributed by atoms with Gasteiger partial charge in [0.15, 0.2) is 0 Å². The molecule has 0 aliphatic carbocycles. The summed E-state index contributed by atoms with van der Waals surface area (Å²) in [6, 6.07) is 26.3. The molecule has 8 heteroatoms. The smallest absolute Gasteiger partial charge is 0.270 e. The summed E-state index contributed by atoms with van der Waals surface area (Å²) in [5.41, 5.74) is 5.99. The normalized spacial score (nSPS) is 15.1. The number of hydrogen-bond acceptors (Lipinski definition) is 6. The second-order valence-electron chi connectivity index (χ2n) is 9.01. The molecule has 38 heavy (non-hydrogen) atoms. The van der Waals surface area contributed by atoms with Crippen molar-refractivity contribution < 1.29 is 19.1 Å². The van der Waals surface area contributed by atoms with Gasteiger partial charge >= 0.3 is 0 Å². The number of nitrogens with one attached hydrogen (secondary N) is 2. The third-order valence-electron chi connectivity index (χ3n) is 6.07. The molecule has 6 heterocycles. The van der Waals surface area contributed by atoms with Crippen molar-refractivity contribution in [2.45, 2.75) is 39.5 Å². The molecule has 2 N–H and O–H groups in total. The van der Waals surface area contributed by atoms with Crippen LogP contribution in [0, 0.1) is 0 Å². The molecule has 0 unspecified atom stereocenters. The zero-order chi connectivity index (χ0) is 26.2. The third-order valence-corrected chi connectivity index (χ3v) is 6.07. The fourth-order valence-electron chi connectivity index (χ4n) is 3.98. The van der Waals surface area contributed by atoms with Crippen molar-refractivity contribution in [1.82, 2.24) is 20.6 Å². The van der Waals surface area contributed by atoms with Gasteiger partial charge in [-0.25, -0.2) is 4.98 Å². The SMILES string of the molecule is O=C1NCc2ccc(cc2)COCc2cccc(n2)COCc2ccc(cc2)CNC(=O)c2cccc1n2. The van der Waals surface area contributed by atoms with Gasteiger partial charge in [0.05, 0.1) is 37.8 Å². The van der Waals surface area contributed by atoms with Gasteiger partial charge in [-0.1, -0.05) is 60.7 Å². The lowest BCUT2D eigenvalue weighted by Crippen LogP contribution is -2.27. The van der Waals surface area contributed by atoms with Crippen molar-refractivity contribution in [1.29, 1.82) is 0 Å². The second kappa shape index (κ2) is 12.2. The predicted octanol–water partition coefficient (Wildman–Crippen LogP) is 4.08. The van der Waals surface area contributed by atoms with E-state index in [1.807, 2.05) is 66.7 Å². The summed E-state index contributed by atoms with van der Waals surface area (Å²) < 4.78 is 11.7. The monoisotopic (exact) mass is 508 g/mol. The highest BCUT2D eigenvalue weighted by Gasteiger charge is 2.12. The van der Waals surface area contributed by atoms with Crippen molar-refractivity contribution in [3.8, 4) is 0 Å². The average Bonchev–Trinajstić information content (AvgIpc) is 2.96. The van der Waals surface area contributed by atoms with Crippen molar-refractivity contribution in [3.05, 3.63) is 130 Å². The molecule has 0 saturated heterocycles. The molecule has 4 aliphatic heterocycles. The first kappa shape index (κ1) is 25.3. The molecule has 0 radical (unpaired) electrons. The summed E-state index contributed by atoms with van der Waals surface area (Å²) in [5, 5.41) is 5.72. The number of rotatable bonds is 0. The number of benzene rings is 2. The zero-order valence-electron chi connectivity index (χ0n) is 20.9. The number of hydrogen-bond donors (Lipinski definition) is 2. The quantitative estimate of drug-likeness (QED) is 0.371. The van der Waals surface area contributed by atoms with Crippen molar-refractivity contribution in [3.63, 3.8) is 0 Å². The van der Waals surface area contributed by atoms with Crippen LogP contribution in [0.4, 0.5) is 0 Å². The van der Waals surface area contributed by atoms with Crippen LogP contribution in [0.15, 0.2) is 84.9 Å². The van der Waals surface area contributed by atoms with Crippen LogP contribution in [0.1, 0.15) is 54.6 Å². The first-order chi connectivity index (χ1) is 18.6. The Morgan fingerprint density at radius 2 is 0.921 bits per heavy atom. The maximum Gasteiger partial charge on any atom is 0.270 e. The predicted molar refractivity (Wildman–Crippen MR) is 141 cm³/mol. The van der Waals surface area contributed by atoms with Gasteiger partial charge in [0.2, 0.25) is 0 Å². The van der Waals surface area contributed by atoms with E-state index in [4.69, 9.17) is 9.47 Å². The molecule has 8 rings (SSSR count). The van der Waals surface area contributed by atoms with E-state index in [0.29, 0.717) is 39.5 Å².